The molecule has 0 unspecified atom stereocenters. The molecule has 0 aliphatic heterocycles. The third-order valence-corrected chi connectivity index (χ3v) is 5.07. The van der Waals surface area contributed by atoms with E-state index >= 15 is 0 Å². The van der Waals surface area contributed by atoms with Crippen LogP contribution in [0.2, 0.25) is 0 Å². The molecule has 0 aromatic rings. The second kappa shape index (κ2) is 10.8. The fraction of sp³-hybridized carbons (Fsp3) is 0.905. The third-order valence-electron chi connectivity index (χ3n) is 5.07. The Labute approximate surface area is 155 Å². The molecule has 4 heteroatoms. The first-order chi connectivity index (χ1) is 12.0. The molecule has 25 heavy (non-hydrogen) atoms. The highest BCUT2D eigenvalue weighted by Crippen LogP contribution is 2.21. The fourth-order valence-corrected chi connectivity index (χ4v) is 3.68. The number of aliphatic imine (C=N–C) groups is 2. The molecule has 0 saturated heterocycles. The van der Waals surface area contributed by atoms with Gasteiger partial charge in [-0.3, -0.25) is 4.99 Å². The second-order valence-corrected chi connectivity index (χ2v) is 8.93. The van der Waals surface area contributed by atoms with Crippen LogP contribution in [0.15, 0.2) is 9.98 Å². The van der Waals surface area contributed by atoms with E-state index in [1.165, 1.54) is 64.2 Å². The Bertz CT molecular complexity index is 410. The van der Waals surface area contributed by atoms with Crippen LogP contribution in [-0.4, -0.2) is 37.3 Å². The molecule has 0 bridgehead atoms. The van der Waals surface area contributed by atoms with Gasteiger partial charge in [-0.2, -0.15) is 0 Å². The van der Waals surface area contributed by atoms with Crippen LogP contribution >= 0.6 is 0 Å². The maximum atomic E-state index is 5.04. The number of nitrogens with one attached hydrogen (secondary N) is 2. The van der Waals surface area contributed by atoms with E-state index in [9.17, 15) is 0 Å². The predicted molar refractivity (Wildman–Crippen MR) is 110 cm³/mol. The number of guanidine groups is 1. The van der Waals surface area contributed by atoms with E-state index < -0.39 is 0 Å². The third kappa shape index (κ3) is 9.27. The Morgan fingerprint density at radius 3 is 2.24 bits per heavy atom. The molecule has 0 spiro atoms. The average molecular weight is 349 g/mol. The summed E-state index contributed by atoms with van der Waals surface area (Å²) in [5.41, 5.74) is 0.184. The zero-order valence-corrected chi connectivity index (χ0v) is 16.8. The first-order valence-corrected chi connectivity index (χ1v) is 10.6. The molecule has 0 radical (unpaired) electrons. The summed E-state index contributed by atoms with van der Waals surface area (Å²) in [7, 11) is 0. The zero-order valence-electron chi connectivity index (χ0n) is 16.8. The molecule has 0 amide bonds. The summed E-state index contributed by atoms with van der Waals surface area (Å²) in [4.78, 5) is 9.59. The molecule has 4 nitrogen and oxygen atoms in total. The van der Waals surface area contributed by atoms with Crippen LogP contribution in [0.5, 0.6) is 0 Å². The molecular weight excluding hydrogens is 308 g/mol. The lowest BCUT2D eigenvalue weighted by Crippen LogP contribution is -2.45. The van der Waals surface area contributed by atoms with Gasteiger partial charge in [0.1, 0.15) is 0 Å². The maximum Gasteiger partial charge on any atom is 0.191 e. The molecule has 2 aliphatic rings. The molecule has 0 aromatic carbocycles. The Kier molecular flexibility index (Phi) is 8.77. The van der Waals surface area contributed by atoms with Crippen LogP contribution in [0, 0.1) is 5.41 Å². The molecule has 2 N–H and O–H groups in total. The van der Waals surface area contributed by atoms with E-state index in [0.29, 0.717) is 12.1 Å². The van der Waals surface area contributed by atoms with Gasteiger partial charge < -0.3 is 10.6 Å². The molecule has 2 fully saturated rings. The summed E-state index contributed by atoms with van der Waals surface area (Å²) in [5.74, 6) is 1.05. The molecule has 144 valence electrons. The Morgan fingerprint density at radius 1 is 0.960 bits per heavy atom. The summed E-state index contributed by atoms with van der Waals surface area (Å²) in [5, 5.41) is 7.30. The van der Waals surface area contributed by atoms with E-state index in [0.717, 1.165) is 25.5 Å². The first-order valence-electron chi connectivity index (χ1n) is 10.6. The van der Waals surface area contributed by atoms with Crippen LogP contribution < -0.4 is 10.6 Å². The van der Waals surface area contributed by atoms with Crippen molar-refractivity contribution in [1.29, 1.82) is 0 Å². The van der Waals surface area contributed by atoms with Gasteiger partial charge in [0.2, 0.25) is 0 Å². The van der Waals surface area contributed by atoms with Gasteiger partial charge in [0.25, 0.3) is 0 Å². The summed E-state index contributed by atoms with van der Waals surface area (Å²) >= 11 is 0. The van der Waals surface area contributed by atoms with Gasteiger partial charge in [0.15, 0.2) is 5.96 Å². The second-order valence-electron chi connectivity index (χ2n) is 8.93. The van der Waals surface area contributed by atoms with Crippen molar-refractivity contribution in [3.05, 3.63) is 0 Å². The first kappa shape index (κ1) is 20.3. The summed E-state index contributed by atoms with van der Waals surface area (Å²) in [6.07, 6.45) is 16.4. The smallest absolute Gasteiger partial charge is 0.191 e. The maximum absolute atomic E-state index is 5.04. The lowest BCUT2D eigenvalue weighted by Gasteiger charge is -2.27. The molecule has 2 rings (SSSR count). The highest BCUT2D eigenvalue weighted by atomic mass is 15.2. The summed E-state index contributed by atoms with van der Waals surface area (Å²) in [6, 6.07) is 1.13. The standard InChI is InChI=1S/C21H40N4/c1-21(2,3)17-22-15-10-16-23-20(24-18-11-6-4-7-12-18)25-19-13-8-5-9-14-19/h17-19H,4-16H2,1-3H3,(H2,23,24,25). The van der Waals surface area contributed by atoms with Gasteiger partial charge in [-0.15, -0.1) is 0 Å². The normalized spacial score (nSPS) is 21.6. The minimum Gasteiger partial charge on any atom is -0.356 e. The molecule has 0 atom stereocenters. The largest absolute Gasteiger partial charge is 0.356 e. The van der Waals surface area contributed by atoms with Gasteiger partial charge in [0, 0.05) is 25.3 Å². The minimum atomic E-state index is 0.184. The van der Waals surface area contributed by atoms with Crippen molar-refractivity contribution >= 4 is 12.2 Å². The van der Waals surface area contributed by atoms with Crippen molar-refractivity contribution in [3.8, 4) is 0 Å². The molecular formula is C21H40N4. The van der Waals surface area contributed by atoms with E-state index in [1.807, 2.05) is 0 Å². The van der Waals surface area contributed by atoms with Crippen molar-refractivity contribution in [3.63, 3.8) is 0 Å². The highest BCUT2D eigenvalue weighted by molar-refractivity contribution is 5.80. The Hall–Kier alpha value is -1.06. The lowest BCUT2D eigenvalue weighted by atomic mass is 9.95. The van der Waals surface area contributed by atoms with Crippen molar-refractivity contribution in [2.75, 3.05) is 13.1 Å². The molecule has 2 aliphatic carbocycles. The van der Waals surface area contributed by atoms with Crippen molar-refractivity contribution in [1.82, 2.24) is 10.6 Å². The van der Waals surface area contributed by atoms with Gasteiger partial charge >= 0.3 is 0 Å². The van der Waals surface area contributed by atoms with Crippen molar-refractivity contribution in [2.45, 2.75) is 103 Å². The number of hydrogen-bond acceptors (Lipinski definition) is 2. The van der Waals surface area contributed by atoms with Gasteiger partial charge in [-0.1, -0.05) is 59.3 Å². The summed E-state index contributed by atoms with van der Waals surface area (Å²) in [6.45, 7) is 8.42. The molecule has 0 aromatic heterocycles. The zero-order chi connectivity index (χ0) is 18.0. The van der Waals surface area contributed by atoms with Crippen molar-refractivity contribution < 1.29 is 0 Å². The van der Waals surface area contributed by atoms with Crippen LogP contribution in [-0.2, 0) is 0 Å². The van der Waals surface area contributed by atoms with E-state index in [-0.39, 0.29) is 5.41 Å². The van der Waals surface area contributed by atoms with Gasteiger partial charge in [-0.25, -0.2) is 4.99 Å². The Balaban J connectivity index is 1.78. The lowest BCUT2D eigenvalue weighted by molar-refractivity contribution is 0.404. The quantitative estimate of drug-likeness (QED) is 0.415. The van der Waals surface area contributed by atoms with Gasteiger partial charge in [0.05, 0.1) is 6.04 Å². The topological polar surface area (TPSA) is 48.8 Å². The monoisotopic (exact) mass is 348 g/mol. The van der Waals surface area contributed by atoms with E-state index in [1.54, 1.807) is 0 Å². The summed E-state index contributed by atoms with van der Waals surface area (Å²) < 4.78 is 0. The highest BCUT2D eigenvalue weighted by Gasteiger charge is 2.17. The average Bonchev–Trinajstić information content (AvgIpc) is 2.59. The fourth-order valence-electron chi connectivity index (χ4n) is 3.68. The van der Waals surface area contributed by atoms with Crippen LogP contribution in [0.1, 0.15) is 91.4 Å². The van der Waals surface area contributed by atoms with Gasteiger partial charge in [-0.05, 0) is 37.5 Å². The van der Waals surface area contributed by atoms with Crippen molar-refractivity contribution in [2.24, 2.45) is 15.4 Å². The minimum absolute atomic E-state index is 0.184. The Morgan fingerprint density at radius 2 is 1.60 bits per heavy atom. The molecule has 2 saturated carbocycles. The van der Waals surface area contributed by atoms with Crippen LogP contribution in [0.25, 0.3) is 0 Å². The predicted octanol–water partition coefficient (Wildman–Crippen LogP) is 4.69. The number of rotatable bonds is 6. The number of hydrogen-bond donors (Lipinski definition) is 2. The van der Waals surface area contributed by atoms with Crippen LogP contribution in [0.4, 0.5) is 0 Å². The van der Waals surface area contributed by atoms with E-state index in [4.69, 9.17) is 4.99 Å². The van der Waals surface area contributed by atoms with Crippen LogP contribution in [0.3, 0.4) is 0 Å². The SMILES string of the molecule is CC(C)(C)C=NCCCNC(=NC1CCCCC1)NC1CCCCC1. The van der Waals surface area contributed by atoms with E-state index in [2.05, 4.69) is 42.6 Å². The molecule has 0 heterocycles. The number of nitrogens with zero attached hydrogens (tertiary/aromatic N) is 2.